The second-order valence-corrected chi connectivity index (χ2v) is 9.33. The number of hydrogen-bond acceptors (Lipinski definition) is 5. The lowest BCUT2D eigenvalue weighted by Gasteiger charge is -2.29. The van der Waals surface area contributed by atoms with E-state index < -0.39 is 41.0 Å². The second-order valence-electron chi connectivity index (χ2n) is 9.33. The molecular formula is C27H22FN3O4. The van der Waals surface area contributed by atoms with Crippen LogP contribution in [-0.2, 0) is 32.9 Å². The van der Waals surface area contributed by atoms with Crippen LogP contribution >= 0.6 is 0 Å². The first kappa shape index (κ1) is 21.5. The van der Waals surface area contributed by atoms with Crippen molar-refractivity contribution in [1.29, 1.82) is 0 Å². The van der Waals surface area contributed by atoms with Crippen molar-refractivity contribution < 1.29 is 23.9 Å². The number of amides is 3. The number of nitrogens with one attached hydrogen (secondary N) is 2. The van der Waals surface area contributed by atoms with Gasteiger partial charge in [-0.05, 0) is 47.9 Å². The summed E-state index contributed by atoms with van der Waals surface area (Å²) in [6.45, 7) is 0.102. The van der Waals surface area contributed by atoms with Crippen LogP contribution in [0.5, 0.6) is 5.75 Å². The minimum Gasteiger partial charge on any atom is -0.508 e. The normalized spacial score (nSPS) is 26.8. The highest BCUT2D eigenvalue weighted by Crippen LogP contribution is 2.53. The number of likely N-dealkylation sites (tertiary alicyclic amines) is 1. The zero-order valence-electron chi connectivity index (χ0n) is 18.6. The molecule has 3 aliphatic heterocycles. The average molecular weight is 471 g/mol. The van der Waals surface area contributed by atoms with Gasteiger partial charge in [-0.1, -0.05) is 42.5 Å². The van der Waals surface area contributed by atoms with Gasteiger partial charge in [-0.25, -0.2) is 4.39 Å². The molecule has 3 N–H and O–H groups in total. The predicted octanol–water partition coefficient (Wildman–Crippen LogP) is 2.69. The van der Waals surface area contributed by atoms with E-state index in [0.29, 0.717) is 17.7 Å². The summed E-state index contributed by atoms with van der Waals surface area (Å²) in [4.78, 5) is 42.2. The first-order valence-electron chi connectivity index (χ1n) is 11.4. The first-order chi connectivity index (χ1) is 16.9. The highest BCUT2D eigenvalue weighted by Gasteiger charge is 2.70. The van der Waals surface area contributed by atoms with E-state index in [1.54, 1.807) is 24.3 Å². The van der Waals surface area contributed by atoms with Crippen LogP contribution in [0.1, 0.15) is 16.7 Å². The summed E-state index contributed by atoms with van der Waals surface area (Å²) in [5.74, 6) is -3.50. The van der Waals surface area contributed by atoms with Gasteiger partial charge in [0.25, 0.3) is 0 Å². The molecule has 176 valence electrons. The van der Waals surface area contributed by atoms with Crippen molar-refractivity contribution in [3.63, 3.8) is 0 Å². The topological polar surface area (TPSA) is 98.7 Å². The van der Waals surface area contributed by atoms with Crippen LogP contribution in [0.3, 0.4) is 0 Å². The molecule has 0 saturated carbocycles. The molecule has 3 aromatic carbocycles. The van der Waals surface area contributed by atoms with Crippen molar-refractivity contribution in [3.05, 3.63) is 95.3 Å². The van der Waals surface area contributed by atoms with Crippen molar-refractivity contribution in [1.82, 2.24) is 10.2 Å². The maximum Gasteiger partial charge on any atom is 0.250 e. The van der Waals surface area contributed by atoms with Crippen molar-refractivity contribution >= 4 is 23.4 Å². The summed E-state index contributed by atoms with van der Waals surface area (Å²) < 4.78 is 14.3. The fourth-order valence-corrected chi connectivity index (χ4v) is 5.82. The number of phenols is 1. The van der Waals surface area contributed by atoms with Crippen LogP contribution in [-0.4, -0.2) is 33.8 Å². The number of carbonyl (C=O) groups is 3. The van der Waals surface area contributed by atoms with E-state index in [2.05, 4.69) is 10.6 Å². The van der Waals surface area contributed by atoms with E-state index in [1.807, 2.05) is 30.3 Å². The van der Waals surface area contributed by atoms with Crippen LogP contribution in [0.15, 0.2) is 72.8 Å². The van der Waals surface area contributed by atoms with Crippen molar-refractivity contribution in [3.8, 4) is 5.75 Å². The number of halogens is 1. The number of phenolic OH excluding ortho intramolecular Hbond substituents is 1. The lowest BCUT2D eigenvalue weighted by molar-refractivity contribution is -0.143. The van der Waals surface area contributed by atoms with Gasteiger partial charge in [0.15, 0.2) is 0 Å². The average Bonchev–Trinajstić information content (AvgIpc) is 3.42. The summed E-state index contributed by atoms with van der Waals surface area (Å²) in [7, 11) is 0. The molecule has 2 fully saturated rings. The first-order valence-corrected chi connectivity index (χ1v) is 11.4. The Morgan fingerprint density at radius 1 is 0.914 bits per heavy atom. The Morgan fingerprint density at radius 2 is 1.66 bits per heavy atom. The van der Waals surface area contributed by atoms with Gasteiger partial charge in [-0.3, -0.25) is 24.6 Å². The minimum absolute atomic E-state index is 0.102. The summed E-state index contributed by atoms with van der Waals surface area (Å²) in [5.41, 5.74) is 0.842. The molecule has 2 saturated heterocycles. The summed E-state index contributed by atoms with van der Waals surface area (Å²) >= 11 is 0. The van der Waals surface area contributed by atoms with E-state index in [4.69, 9.17) is 0 Å². The van der Waals surface area contributed by atoms with E-state index in [9.17, 15) is 23.9 Å². The van der Waals surface area contributed by atoms with Crippen LogP contribution in [0.2, 0.25) is 0 Å². The second kappa shape index (κ2) is 7.74. The van der Waals surface area contributed by atoms with Gasteiger partial charge in [-0.15, -0.1) is 0 Å². The van der Waals surface area contributed by atoms with Crippen LogP contribution in [0.25, 0.3) is 0 Å². The number of benzene rings is 3. The molecular weight excluding hydrogens is 449 g/mol. The standard InChI is InChI=1S/C27H22FN3O4/c28-17-8-11-20-19(13-17)27(26(35)29-20)23-22(21(30-27)12-15-6-9-18(32)10-7-15)24(33)31(25(23)34)14-16-4-2-1-3-5-16/h1-11,13,21-23,30,32H,12,14H2,(H,29,35)/t21?,22-,23+,27?/m0/s1. The SMILES string of the molecule is O=C1[C@H]2C(Cc3ccc(O)cc3)NC3(C(=O)Nc4ccc(F)cc43)[C@H]2C(=O)N1Cc1ccccc1. The third kappa shape index (κ3) is 3.17. The van der Waals surface area contributed by atoms with Gasteiger partial charge in [0, 0.05) is 17.3 Å². The van der Waals surface area contributed by atoms with Crippen LogP contribution < -0.4 is 10.6 Å². The smallest absolute Gasteiger partial charge is 0.250 e. The Balaban J connectivity index is 1.45. The molecule has 3 aliphatic rings. The third-order valence-electron chi connectivity index (χ3n) is 7.34. The number of hydrogen-bond donors (Lipinski definition) is 3. The van der Waals surface area contributed by atoms with Gasteiger partial charge in [0.2, 0.25) is 17.7 Å². The zero-order valence-corrected chi connectivity index (χ0v) is 18.6. The summed E-state index contributed by atoms with van der Waals surface area (Å²) in [5, 5.41) is 15.7. The molecule has 3 amide bonds. The summed E-state index contributed by atoms with van der Waals surface area (Å²) in [6.07, 6.45) is 0.347. The largest absolute Gasteiger partial charge is 0.508 e. The monoisotopic (exact) mass is 471 g/mol. The van der Waals surface area contributed by atoms with E-state index in [1.165, 1.54) is 23.1 Å². The number of imide groups is 1. The van der Waals surface area contributed by atoms with Gasteiger partial charge < -0.3 is 10.4 Å². The van der Waals surface area contributed by atoms with E-state index >= 15 is 0 Å². The van der Waals surface area contributed by atoms with Gasteiger partial charge >= 0.3 is 0 Å². The molecule has 0 aromatic heterocycles. The zero-order chi connectivity index (χ0) is 24.3. The molecule has 35 heavy (non-hydrogen) atoms. The minimum atomic E-state index is -1.55. The molecule has 0 aliphatic carbocycles. The Labute approximate surface area is 200 Å². The van der Waals surface area contributed by atoms with Gasteiger partial charge in [0.05, 0.1) is 18.4 Å². The number of carbonyl (C=O) groups excluding carboxylic acids is 3. The highest BCUT2D eigenvalue weighted by atomic mass is 19.1. The molecule has 1 spiro atoms. The number of nitrogens with zero attached hydrogens (tertiary/aromatic N) is 1. The lowest BCUT2D eigenvalue weighted by Crippen LogP contribution is -2.53. The van der Waals surface area contributed by atoms with Crippen LogP contribution in [0.4, 0.5) is 10.1 Å². The Kier molecular flexibility index (Phi) is 4.76. The third-order valence-corrected chi connectivity index (χ3v) is 7.34. The molecule has 3 aromatic rings. The van der Waals surface area contributed by atoms with E-state index in [-0.39, 0.29) is 18.2 Å². The maximum absolute atomic E-state index is 14.3. The fraction of sp³-hybridized carbons (Fsp3) is 0.222. The number of anilines is 1. The molecule has 6 rings (SSSR count). The summed E-state index contributed by atoms with van der Waals surface area (Å²) in [6, 6.07) is 19.2. The molecule has 8 heteroatoms. The molecule has 3 heterocycles. The number of rotatable bonds is 4. The Hall–Kier alpha value is -4.04. The maximum atomic E-state index is 14.3. The predicted molar refractivity (Wildman–Crippen MR) is 124 cm³/mol. The quantitative estimate of drug-likeness (QED) is 0.509. The Bertz CT molecular complexity index is 1360. The fourth-order valence-electron chi connectivity index (χ4n) is 5.82. The molecule has 7 nitrogen and oxygen atoms in total. The highest BCUT2D eigenvalue weighted by molar-refractivity contribution is 6.15. The van der Waals surface area contributed by atoms with E-state index in [0.717, 1.165) is 11.1 Å². The van der Waals surface area contributed by atoms with Gasteiger partial charge in [0.1, 0.15) is 17.1 Å². The van der Waals surface area contributed by atoms with Crippen LogP contribution in [0, 0.1) is 17.7 Å². The van der Waals surface area contributed by atoms with Gasteiger partial charge in [-0.2, -0.15) is 0 Å². The molecule has 0 radical (unpaired) electrons. The Morgan fingerprint density at radius 3 is 2.40 bits per heavy atom. The molecule has 2 unspecified atom stereocenters. The number of fused-ring (bicyclic) bond motifs is 4. The van der Waals surface area contributed by atoms with Crippen molar-refractivity contribution in [2.75, 3.05) is 5.32 Å². The van der Waals surface area contributed by atoms with Crippen molar-refractivity contribution in [2.24, 2.45) is 11.8 Å². The lowest BCUT2D eigenvalue weighted by atomic mass is 9.76. The molecule has 0 bridgehead atoms. The molecule has 4 atom stereocenters. The number of aromatic hydroxyl groups is 1. The van der Waals surface area contributed by atoms with Crippen molar-refractivity contribution in [2.45, 2.75) is 24.5 Å².